The van der Waals surface area contributed by atoms with Gasteiger partial charge in [-0.25, -0.2) is 0 Å². The van der Waals surface area contributed by atoms with Crippen molar-refractivity contribution in [2.75, 3.05) is 14.2 Å². The van der Waals surface area contributed by atoms with Crippen molar-refractivity contribution in [1.82, 2.24) is 5.32 Å². The summed E-state index contributed by atoms with van der Waals surface area (Å²) in [6.07, 6.45) is 0.197. The van der Waals surface area contributed by atoms with Gasteiger partial charge in [-0.3, -0.25) is 4.79 Å². The number of carbonyl (C=O) groups excluding carboxylic acids is 1. The molecule has 0 atom stereocenters. The summed E-state index contributed by atoms with van der Waals surface area (Å²) in [6.45, 7) is 5.00. The molecular formula is C20H24ClNO4. The van der Waals surface area contributed by atoms with Crippen LogP contribution in [0.2, 0.25) is 5.02 Å². The van der Waals surface area contributed by atoms with E-state index in [9.17, 15) is 4.79 Å². The van der Waals surface area contributed by atoms with Gasteiger partial charge in [-0.05, 0) is 37.1 Å². The van der Waals surface area contributed by atoms with Crippen molar-refractivity contribution in [1.29, 1.82) is 0 Å². The van der Waals surface area contributed by atoms with Crippen molar-refractivity contribution in [2.45, 2.75) is 33.1 Å². The highest BCUT2D eigenvalue weighted by atomic mass is 35.5. The minimum absolute atomic E-state index is 0.197. The number of methoxy groups -OCH3 is 2. The Morgan fingerprint density at radius 1 is 1.08 bits per heavy atom. The SMILES string of the molecule is COc1cc(C(=O)NCc2ccc(COC(C)C)cc2)cc(Cl)c1OC. The fraction of sp³-hybridized carbons (Fsp3) is 0.350. The van der Waals surface area contributed by atoms with Gasteiger partial charge >= 0.3 is 0 Å². The van der Waals surface area contributed by atoms with Crippen LogP contribution in [0.4, 0.5) is 0 Å². The monoisotopic (exact) mass is 377 g/mol. The molecule has 5 nitrogen and oxygen atoms in total. The van der Waals surface area contributed by atoms with Crippen LogP contribution in [0, 0.1) is 0 Å². The second kappa shape index (κ2) is 9.46. The first kappa shape index (κ1) is 20.1. The third-order valence-electron chi connectivity index (χ3n) is 3.76. The first-order chi connectivity index (χ1) is 12.4. The average molecular weight is 378 g/mol. The topological polar surface area (TPSA) is 56.8 Å². The molecule has 0 saturated heterocycles. The minimum atomic E-state index is -0.236. The van der Waals surface area contributed by atoms with E-state index in [4.69, 9.17) is 25.8 Å². The van der Waals surface area contributed by atoms with E-state index in [0.717, 1.165) is 11.1 Å². The lowest BCUT2D eigenvalue weighted by Crippen LogP contribution is -2.22. The van der Waals surface area contributed by atoms with E-state index in [-0.39, 0.29) is 12.0 Å². The number of amides is 1. The Morgan fingerprint density at radius 2 is 1.73 bits per heavy atom. The van der Waals surface area contributed by atoms with Gasteiger partial charge in [0.05, 0.1) is 32.0 Å². The number of nitrogens with one attached hydrogen (secondary N) is 1. The predicted molar refractivity (Wildman–Crippen MR) is 102 cm³/mol. The molecule has 1 amide bonds. The van der Waals surface area contributed by atoms with Crippen LogP contribution in [0.25, 0.3) is 0 Å². The minimum Gasteiger partial charge on any atom is -0.493 e. The number of benzene rings is 2. The molecular weight excluding hydrogens is 354 g/mol. The highest BCUT2D eigenvalue weighted by Crippen LogP contribution is 2.35. The summed E-state index contributed by atoms with van der Waals surface area (Å²) in [5.74, 6) is 0.588. The van der Waals surface area contributed by atoms with E-state index in [1.165, 1.54) is 14.2 Å². The van der Waals surface area contributed by atoms with Crippen LogP contribution >= 0.6 is 11.6 Å². The smallest absolute Gasteiger partial charge is 0.251 e. The summed E-state index contributed by atoms with van der Waals surface area (Å²) < 4.78 is 16.0. The Kier molecular flexibility index (Phi) is 7.30. The van der Waals surface area contributed by atoms with Crippen LogP contribution in [0.1, 0.15) is 35.3 Å². The first-order valence-electron chi connectivity index (χ1n) is 8.33. The molecule has 0 bridgehead atoms. The number of ether oxygens (including phenoxy) is 3. The Balaban J connectivity index is 1.99. The Bertz CT molecular complexity index is 744. The van der Waals surface area contributed by atoms with Gasteiger partial charge in [0.2, 0.25) is 0 Å². The predicted octanol–water partition coefficient (Wildman–Crippen LogP) is 4.21. The molecule has 6 heteroatoms. The van der Waals surface area contributed by atoms with Crippen molar-refractivity contribution in [3.05, 3.63) is 58.1 Å². The Labute approximate surface area is 159 Å². The summed E-state index contributed by atoms with van der Waals surface area (Å²) in [7, 11) is 3.00. The van der Waals surface area contributed by atoms with Crippen LogP contribution in [-0.2, 0) is 17.9 Å². The summed E-state index contributed by atoms with van der Waals surface area (Å²) in [4.78, 5) is 12.4. The molecule has 0 saturated carbocycles. The second-order valence-electron chi connectivity index (χ2n) is 6.05. The van der Waals surface area contributed by atoms with Crippen molar-refractivity contribution in [3.8, 4) is 11.5 Å². The number of hydrogen-bond donors (Lipinski definition) is 1. The van der Waals surface area contributed by atoms with Gasteiger partial charge in [0, 0.05) is 12.1 Å². The van der Waals surface area contributed by atoms with Gasteiger partial charge in [-0.2, -0.15) is 0 Å². The van der Waals surface area contributed by atoms with Crippen molar-refractivity contribution in [2.24, 2.45) is 0 Å². The summed E-state index contributed by atoms with van der Waals surface area (Å²) >= 11 is 6.15. The molecule has 0 aliphatic rings. The zero-order valence-corrected chi connectivity index (χ0v) is 16.2. The average Bonchev–Trinajstić information content (AvgIpc) is 2.64. The van der Waals surface area contributed by atoms with Gasteiger partial charge in [-0.1, -0.05) is 35.9 Å². The maximum atomic E-state index is 12.4. The molecule has 0 spiro atoms. The first-order valence-corrected chi connectivity index (χ1v) is 8.71. The molecule has 0 heterocycles. The normalized spacial score (nSPS) is 10.7. The lowest BCUT2D eigenvalue weighted by molar-refractivity contribution is 0.0657. The van der Waals surface area contributed by atoms with Crippen molar-refractivity contribution < 1.29 is 19.0 Å². The molecule has 0 radical (unpaired) electrons. The van der Waals surface area contributed by atoms with Crippen LogP contribution in [0.3, 0.4) is 0 Å². The van der Waals surface area contributed by atoms with E-state index in [1.807, 2.05) is 38.1 Å². The van der Waals surface area contributed by atoms with Crippen LogP contribution < -0.4 is 14.8 Å². The fourth-order valence-corrected chi connectivity index (χ4v) is 2.64. The van der Waals surface area contributed by atoms with Crippen LogP contribution in [-0.4, -0.2) is 26.2 Å². The van der Waals surface area contributed by atoms with Gasteiger partial charge in [-0.15, -0.1) is 0 Å². The number of rotatable bonds is 8. The lowest BCUT2D eigenvalue weighted by Gasteiger charge is -2.12. The Hall–Kier alpha value is -2.24. The molecule has 1 N–H and O–H groups in total. The molecule has 0 aliphatic heterocycles. The number of hydrogen-bond acceptors (Lipinski definition) is 4. The highest BCUT2D eigenvalue weighted by Gasteiger charge is 2.15. The third-order valence-corrected chi connectivity index (χ3v) is 4.04. The molecule has 140 valence electrons. The van der Waals surface area contributed by atoms with Crippen LogP contribution in [0.15, 0.2) is 36.4 Å². The molecule has 0 unspecified atom stereocenters. The maximum Gasteiger partial charge on any atom is 0.251 e. The van der Waals surface area contributed by atoms with E-state index in [0.29, 0.717) is 35.2 Å². The fourth-order valence-electron chi connectivity index (χ4n) is 2.35. The molecule has 2 aromatic carbocycles. The quantitative estimate of drug-likeness (QED) is 0.748. The second-order valence-corrected chi connectivity index (χ2v) is 6.46. The Morgan fingerprint density at radius 3 is 2.31 bits per heavy atom. The lowest BCUT2D eigenvalue weighted by atomic mass is 10.1. The maximum absolute atomic E-state index is 12.4. The molecule has 2 rings (SSSR count). The van der Waals surface area contributed by atoms with Gasteiger partial charge in [0.25, 0.3) is 5.91 Å². The third kappa shape index (κ3) is 5.38. The highest BCUT2D eigenvalue weighted by molar-refractivity contribution is 6.32. The molecule has 0 aliphatic carbocycles. The molecule has 0 fully saturated rings. The van der Waals surface area contributed by atoms with E-state index < -0.39 is 0 Å². The van der Waals surface area contributed by atoms with Gasteiger partial charge in [0.1, 0.15) is 0 Å². The summed E-state index contributed by atoms with van der Waals surface area (Å²) in [5.41, 5.74) is 2.51. The standard InChI is InChI=1S/C20H24ClNO4/c1-13(2)26-12-15-7-5-14(6-8-15)11-22-20(23)16-9-17(21)19(25-4)18(10-16)24-3/h5-10,13H,11-12H2,1-4H3,(H,22,23). The molecule has 2 aromatic rings. The zero-order valence-electron chi connectivity index (χ0n) is 15.5. The largest absolute Gasteiger partial charge is 0.493 e. The van der Waals surface area contributed by atoms with Crippen LogP contribution in [0.5, 0.6) is 11.5 Å². The molecule has 26 heavy (non-hydrogen) atoms. The molecule has 0 aromatic heterocycles. The van der Waals surface area contributed by atoms with Gasteiger partial charge < -0.3 is 19.5 Å². The van der Waals surface area contributed by atoms with E-state index in [2.05, 4.69) is 5.32 Å². The number of halogens is 1. The van der Waals surface area contributed by atoms with Crippen molar-refractivity contribution in [3.63, 3.8) is 0 Å². The van der Waals surface area contributed by atoms with E-state index >= 15 is 0 Å². The van der Waals surface area contributed by atoms with Gasteiger partial charge in [0.15, 0.2) is 11.5 Å². The van der Waals surface area contributed by atoms with Crippen molar-refractivity contribution >= 4 is 17.5 Å². The number of carbonyl (C=O) groups is 1. The zero-order chi connectivity index (χ0) is 19.1. The van der Waals surface area contributed by atoms with E-state index in [1.54, 1.807) is 12.1 Å². The summed E-state index contributed by atoms with van der Waals surface area (Å²) in [5, 5.41) is 3.20. The summed E-state index contributed by atoms with van der Waals surface area (Å²) in [6, 6.07) is 11.1.